The zero-order valence-electron chi connectivity index (χ0n) is 35.0. The van der Waals surface area contributed by atoms with Crippen LogP contribution < -0.4 is 5.32 Å². The van der Waals surface area contributed by atoms with E-state index in [1.165, 1.54) is 32.3 Å². The average Bonchev–Trinajstić information content (AvgIpc) is 4.02. The highest BCUT2D eigenvalue weighted by atomic mass is 16.3. The lowest BCUT2D eigenvalue weighted by atomic mass is 10.0. The molecular formula is C59H37N5O. The maximum atomic E-state index is 6.79. The van der Waals surface area contributed by atoms with Crippen LogP contribution in [0.2, 0.25) is 0 Å². The first-order valence-corrected chi connectivity index (χ1v) is 22.1. The van der Waals surface area contributed by atoms with Gasteiger partial charge in [0.25, 0.3) is 0 Å². The molecule has 3 aromatic heterocycles. The second-order valence-electron chi connectivity index (χ2n) is 17.0. The van der Waals surface area contributed by atoms with Gasteiger partial charge in [-0.15, -0.1) is 0 Å². The van der Waals surface area contributed by atoms with E-state index in [1.54, 1.807) is 0 Å². The van der Waals surface area contributed by atoms with Crippen molar-refractivity contribution in [2.24, 2.45) is 9.98 Å². The molecule has 6 nitrogen and oxygen atoms in total. The summed E-state index contributed by atoms with van der Waals surface area (Å²) in [6.45, 7) is 0. The van der Waals surface area contributed by atoms with Gasteiger partial charge >= 0.3 is 0 Å². The van der Waals surface area contributed by atoms with Crippen LogP contribution in [0, 0.1) is 0 Å². The summed E-state index contributed by atoms with van der Waals surface area (Å²) < 4.78 is 11.5. The lowest BCUT2D eigenvalue weighted by Gasteiger charge is -2.25. The lowest BCUT2D eigenvalue weighted by Crippen LogP contribution is -2.33. The normalized spacial score (nSPS) is 14.3. The highest BCUT2D eigenvalue weighted by Gasteiger charge is 2.27. The number of hydrogen-bond donors (Lipinski definition) is 1. The summed E-state index contributed by atoms with van der Waals surface area (Å²) in [5, 5.41) is 15.4. The molecule has 4 heterocycles. The minimum absolute atomic E-state index is 0.431. The van der Waals surface area contributed by atoms with E-state index in [-0.39, 0.29) is 0 Å². The molecule has 0 amide bonds. The second-order valence-corrected chi connectivity index (χ2v) is 17.0. The van der Waals surface area contributed by atoms with Crippen molar-refractivity contribution in [3.05, 3.63) is 229 Å². The van der Waals surface area contributed by atoms with Crippen molar-refractivity contribution in [3.63, 3.8) is 0 Å². The number of amidine groups is 2. The van der Waals surface area contributed by atoms with Gasteiger partial charge in [0.2, 0.25) is 0 Å². The van der Waals surface area contributed by atoms with Crippen LogP contribution in [0.25, 0.3) is 98.5 Å². The SMILES string of the molecule is c1ccc(-n2c3ccccc3c3cc(C4=NC(c5ccc6ccccc6c5)NC(c5cc(-n6c7ccccc7c7cc8ccccc8cc76)cc6oc7ccccc7c56)=N4)ccc32)cc1. The Balaban J connectivity index is 1.03. The summed E-state index contributed by atoms with van der Waals surface area (Å²) in [4.78, 5) is 11.0. The van der Waals surface area contributed by atoms with Crippen LogP contribution in [0.4, 0.5) is 0 Å². The Morgan fingerprint density at radius 1 is 0.415 bits per heavy atom. The van der Waals surface area contributed by atoms with E-state index in [1.807, 2.05) is 12.1 Å². The van der Waals surface area contributed by atoms with E-state index in [0.29, 0.717) is 5.84 Å². The van der Waals surface area contributed by atoms with Gasteiger partial charge in [0.1, 0.15) is 23.2 Å². The number of para-hydroxylation sites is 4. The van der Waals surface area contributed by atoms with Crippen molar-refractivity contribution < 1.29 is 4.42 Å². The number of fused-ring (bicyclic) bond motifs is 11. The first kappa shape index (κ1) is 35.8. The maximum Gasteiger partial charge on any atom is 0.159 e. The molecule has 1 N–H and O–H groups in total. The molecule has 0 saturated heterocycles. The molecule has 1 aliphatic rings. The molecule has 14 rings (SSSR count). The molecule has 1 unspecified atom stereocenters. The van der Waals surface area contributed by atoms with Gasteiger partial charge in [-0.05, 0) is 99.9 Å². The number of benzene rings is 10. The fraction of sp³-hybridized carbons (Fsp3) is 0.0169. The van der Waals surface area contributed by atoms with Crippen LogP contribution in [0.5, 0.6) is 0 Å². The van der Waals surface area contributed by atoms with Crippen molar-refractivity contribution in [3.8, 4) is 11.4 Å². The van der Waals surface area contributed by atoms with E-state index in [2.05, 4.69) is 215 Å². The van der Waals surface area contributed by atoms with Gasteiger partial charge in [-0.2, -0.15) is 0 Å². The number of nitrogens with zero attached hydrogens (tertiary/aromatic N) is 4. The van der Waals surface area contributed by atoms with Crippen LogP contribution in [0.1, 0.15) is 22.9 Å². The fourth-order valence-corrected chi connectivity index (χ4v) is 10.3. The Kier molecular flexibility index (Phi) is 7.65. The van der Waals surface area contributed by atoms with Gasteiger partial charge in [-0.25, -0.2) is 9.98 Å². The van der Waals surface area contributed by atoms with Crippen molar-refractivity contribution >= 4 is 98.8 Å². The lowest BCUT2D eigenvalue weighted by molar-refractivity contribution is 0.667. The minimum atomic E-state index is -0.431. The molecule has 13 aromatic rings. The van der Waals surface area contributed by atoms with E-state index in [0.717, 1.165) is 88.7 Å². The third-order valence-electron chi connectivity index (χ3n) is 13.3. The Bertz CT molecular complexity index is 4170. The Labute approximate surface area is 372 Å². The summed E-state index contributed by atoms with van der Waals surface area (Å²) in [6, 6.07) is 75.7. The molecule has 0 radical (unpaired) electrons. The van der Waals surface area contributed by atoms with Crippen molar-refractivity contribution in [2.75, 3.05) is 0 Å². The average molecular weight is 832 g/mol. The molecule has 6 heteroatoms. The predicted molar refractivity (Wildman–Crippen MR) is 269 cm³/mol. The number of furan rings is 1. The molecule has 0 spiro atoms. The number of rotatable bonds is 5. The third-order valence-corrected chi connectivity index (χ3v) is 13.3. The van der Waals surface area contributed by atoms with Crippen LogP contribution in [-0.2, 0) is 0 Å². The highest BCUT2D eigenvalue weighted by molar-refractivity contribution is 6.23. The summed E-state index contributed by atoms with van der Waals surface area (Å²) in [5.74, 6) is 1.38. The minimum Gasteiger partial charge on any atom is -0.456 e. The standard InChI is InChI=1S/C59H37N5O/c1-2-18-42(19-3-1)63-50-23-11-8-20-44(50)47-32-41(28-29-52(47)63)58-60-57(40-27-26-36-14-4-5-15-37(36)30-40)61-59(62-58)49-34-43(35-55-56(49)46-22-10-13-25-54(46)65-55)64-51-24-12-9-21-45(51)48-31-38-16-6-7-17-39(38)33-53(48)64/h1-35,57H,(H,60,61,62). The molecule has 0 fully saturated rings. The van der Waals surface area contributed by atoms with Crippen molar-refractivity contribution in [1.82, 2.24) is 14.5 Å². The third kappa shape index (κ3) is 5.54. The van der Waals surface area contributed by atoms with Crippen molar-refractivity contribution in [2.45, 2.75) is 6.17 Å². The summed E-state index contributed by atoms with van der Waals surface area (Å²) >= 11 is 0. The first-order chi connectivity index (χ1) is 32.2. The number of aromatic nitrogens is 2. The molecule has 1 atom stereocenters. The quantitative estimate of drug-likeness (QED) is 0.188. The zero-order chi connectivity index (χ0) is 42.6. The molecular weight excluding hydrogens is 795 g/mol. The van der Waals surface area contributed by atoms with E-state index in [4.69, 9.17) is 14.4 Å². The van der Waals surface area contributed by atoms with Crippen LogP contribution in [0.3, 0.4) is 0 Å². The molecule has 1 aliphatic heterocycles. The maximum absolute atomic E-state index is 6.79. The monoisotopic (exact) mass is 831 g/mol. The van der Waals surface area contributed by atoms with Crippen LogP contribution >= 0.6 is 0 Å². The molecule has 0 aliphatic carbocycles. The number of nitrogens with one attached hydrogen (secondary N) is 1. The van der Waals surface area contributed by atoms with Gasteiger partial charge in [0.15, 0.2) is 5.84 Å². The van der Waals surface area contributed by atoms with Crippen molar-refractivity contribution in [1.29, 1.82) is 0 Å². The van der Waals surface area contributed by atoms with E-state index < -0.39 is 6.17 Å². The highest BCUT2D eigenvalue weighted by Crippen LogP contribution is 2.40. The molecule has 0 saturated carbocycles. The van der Waals surface area contributed by atoms with Gasteiger partial charge in [0, 0.05) is 55.2 Å². The summed E-state index contributed by atoms with van der Waals surface area (Å²) in [7, 11) is 0. The van der Waals surface area contributed by atoms with Gasteiger partial charge in [0.05, 0.1) is 27.8 Å². The Morgan fingerprint density at radius 3 is 1.82 bits per heavy atom. The second kappa shape index (κ2) is 13.9. The molecule has 65 heavy (non-hydrogen) atoms. The molecule has 10 aromatic carbocycles. The summed E-state index contributed by atoms with van der Waals surface area (Å²) in [6.07, 6.45) is -0.431. The number of hydrogen-bond acceptors (Lipinski definition) is 4. The Hall–Kier alpha value is -8.74. The topological polar surface area (TPSA) is 59.8 Å². The van der Waals surface area contributed by atoms with Crippen LogP contribution in [-0.4, -0.2) is 20.8 Å². The number of aliphatic imine (C=N–C) groups is 2. The molecule has 304 valence electrons. The van der Waals surface area contributed by atoms with Gasteiger partial charge < -0.3 is 18.9 Å². The predicted octanol–water partition coefficient (Wildman–Crippen LogP) is 14.6. The van der Waals surface area contributed by atoms with E-state index in [9.17, 15) is 0 Å². The van der Waals surface area contributed by atoms with Gasteiger partial charge in [-0.3, -0.25) is 0 Å². The fourth-order valence-electron chi connectivity index (χ4n) is 10.3. The molecule has 0 bridgehead atoms. The largest absolute Gasteiger partial charge is 0.456 e. The smallest absolute Gasteiger partial charge is 0.159 e. The summed E-state index contributed by atoms with van der Waals surface area (Å²) in [5.41, 5.74) is 11.2. The van der Waals surface area contributed by atoms with Crippen LogP contribution in [0.15, 0.2) is 227 Å². The first-order valence-electron chi connectivity index (χ1n) is 22.1. The zero-order valence-corrected chi connectivity index (χ0v) is 35.0. The van der Waals surface area contributed by atoms with E-state index >= 15 is 0 Å². The van der Waals surface area contributed by atoms with Gasteiger partial charge in [-0.1, -0.05) is 133 Å². The Morgan fingerprint density at radius 2 is 1.03 bits per heavy atom.